The molecule has 2 radical (unpaired) electrons. The molecule has 2 aliphatic rings. The summed E-state index contributed by atoms with van der Waals surface area (Å²) in [5.41, 5.74) is 0. The second-order valence-corrected chi connectivity index (χ2v) is 2.37. The van der Waals surface area contributed by atoms with Gasteiger partial charge in [-0.3, -0.25) is 0 Å². The molecule has 4 nitrogen and oxygen atoms in total. The van der Waals surface area contributed by atoms with Gasteiger partial charge in [0.05, 0.1) is 6.42 Å². The van der Waals surface area contributed by atoms with Crippen molar-refractivity contribution < 1.29 is 0 Å². The molecule has 2 heterocycles. The molecule has 0 saturated carbocycles. The fourth-order valence-electron chi connectivity index (χ4n) is 1.03. The lowest BCUT2D eigenvalue weighted by Gasteiger charge is -2.16. The van der Waals surface area contributed by atoms with E-state index in [2.05, 4.69) is 27.7 Å². The van der Waals surface area contributed by atoms with Crippen LogP contribution in [0.25, 0.3) is 0 Å². The Morgan fingerprint density at radius 3 is 1.45 bits per heavy atom. The molecule has 2 rings (SSSR count). The minimum Gasteiger partial charge on any atom is -0.370 e. The second kappa shape index (κ2) is 2.74. The van der Waals surface area contributed by atoms with E-state index < -0.39 is 0 Å². The maximum Gasteiger partial charge on any atom is 0.107 e. The minimum absolute atomic E-state index is 0.111. The van der Waals surface area contributed by atoms with E-state index in [0.717, 1.165) is 0 Å². The van der Waals surface area contributed by atoms with Crippen LogP contribution in [0.4, 0.5) is 0 Å². The Kier molecular flexibility index (Phi) is 1.59. The predicted octanol–water partition coefficient (Wildman–Crippen LogP) is -0.952. The zero-order valence-corrected chi connectivity index (χ0v) is 5.96. The SMILES string of the molecule is [C](C1NC=CN1)C1NC=CN1. The highest BCUT2D eigenvalue weighted by Crippen LogP contribution is 1.98. The first kappa shape index (κ1) is 6.39. The van der Waals surface area contributed by atoms with Gasteiger partial charge in [-0.25, -0.2) is 0 Å². The molecule has 4 heteroatoms. The van der Waals surface area contributed by atoms with Crippen molar-refractivity contribution in [3.63, 3.8) is 0 Å². The molecule has 0 atom stereocenters. The Morgan fingerprint density at radius 1 is 0.727 bits per heavy atom. The van der Waals surface area contributed by atoms with Crippen LogP contribution in [0.15, 0.2) is 24.8 Å². The molecular formula is C7H10N4. The largest absolute Gasteiger partial charge is 0.370 e. The summed E-state index contributed by atoms with van der Waals surface area (Å²) < 4.78 is 0. The number of nitrogens with one attached hydrogen (secondary N) is 4. The molecule has 58 valence electrons. The summed E-state index contributed by atoms with van der Waals surface area (Å²) in [5.74, 6) is 0. The molecule has 0 saturated heterocycles. The minimum atomic E-state index is 0.111. The Balaban J connectivity index is 1.73. The summed E-state index contributed by atoms with van der Waals surface area (Å²) in [4.78, 5) is 0. The summed E-state index contributed by atoms with van der Waals surface area (Å²) in [6.45, 7) is 0. The van der Waals surface area contributed by atoms with E-state index in [-0.39, 0.29) is 12.3 Å². The highest BCUT2D eigenvalue weighted by atomic mass is 15.2. The van der Waals surface area contributed by atoms with Gasteiger partial charge in [0.25, 0.3) is 0 Å². The average molecular weight is 150 g/mol. The van der Waals surface area contributed by atoms with Crippen molar-refractivity contribution >= 4 is 0 Å². The van der Waals surface area contributed by atoms with E-state index in [1.54, 1.807) is 0 Å². The Morgan fingerprint density at radius 2 is 1.09 bits per heavy atom. The van der Waals surface area contributed by atoms with Crippen molar-refractivity contribution in [2.45, 2.75) is 12.3 Å². The van der Waals surface area contributed by atoms with E-state index in [0.29, 0.717) is 0 Å². The van der Waals surface area contributed by atoms with E-state index >= 15 is 0 Å². The van der Waals surface area contributed by atoms with Crippen LogP contribution < -0.4 is 21.3 Å². The molecule has 0 amide bonds. The molecule has 0 aliphatic carbocycles. The molecular weight excluding hydrogens is 140 g/mol. The van der Waals surface area contributed by atoms with E-state index in [1.165, 1.54) is 0 Å². The van der Waals surface area contributed by atoms with Crippen LogP contribution in [0, 0.1) is 6.42 Å². The quantitative estimate of drug-likeness (QED) is 0.410. The van der Waals surface area contributed by atoms with Crippen LogP contribution >= 0.6 is 0 Å². The Labute approximate surface area is 65.7 Å². The maximum absolute atomic E-state index is 3.21. The van der Waals surface area contributed by atoms with Gasteiger partial charge in [0.1, 0.15) is 12.3 Å². The first-order valence-corrected chi connectivity index (χ1v) is 3.55. The summed E-state index contributed by atoms with van der Waals surface area (Å²) in [6, 6.07) is 0. The van der Waals surface area contributed by atoms with Gasteiger partial charge in [0.2, 0.25) is 0 Å². The van der Waals surface area contributed by atoms with Crippen molar-refractivity contribution in [3.05, 3.63) is 31.2 Å². The average Bonchev–Trinajstić information content (AvgIpc) is 2.60. The van der Waals surface area contributed by atoms with Gasteiger partial charge < -0.3 is 21.3 Å². The van der Waals surface area contributed by atoms with Crippen LogP contribution in [-0.2, 0) is 0 Å². The molecule has 0 aromatic heterocycles. The first-order chi connectivity index (χ1) is 5.45. The van der Waals surface area contributed by atoms with E-state index in [1.807, 2.05) is 24.8 Å². The normalized spacial score (nSPS) is 22.5. The zero-order chi connectivity index (χ0) is 7.52. The zero-order valence-electron chi connectivity index (χ0n) is 5.96. The van der Waals surface area contributed by atoms with Crippen LogP contribution in [0.1, 0.15) is 0 Å². The molecule has 0 fully saturated rings. The summed E-state index contributed by atoms with van der Waals surface area (Å²) in [5, 5.41) is 12.3. The second-order valence-electron chi connectivity index (χ2n) is 2.37. The lowest BCUT2D eigenvalue weighted by molar-refractivity contribution is 0.534. The maximum atomic E-state index is 3.21. The molecule has 0 bridgehead atoms. The number of rotatable bonds is 2. The fourth-order valence-corrected chi connectivity index (χ4v) is 1.03. The molecule has 0 spiro atoms. The fraction of sp³-hybridized carbons (Fsp3) is 0.286. The van der Waals surface area contributed by atoms with Crippen LogP contribution in [0.2, 0.25) is 0 Å². The van der Waals surface area contributed by atoms with Crippen molar-refractivity contribution in [1.29, 1.82) is 0 Å². The van der Waals surface area contributed by atoms with E-state index in [9.17, 15) is 0 Å². The molecule has 2 aliphatic heterocycles. The van der Waals surface area contributed by atoms with Crippen LogP contribution in [0.5, 0.6) is 0 Å². The van der Waals surface area contributed by atoms with Gasteiger partial charge in [-0.1, -0.05) is 0 Å². The third-order valence-electron chi connectivity index (χ3n) is 1.55. The number of hydrogen-bond donors (Lipinski definition) is 4. The highest BCUT2D eigenvalue weighted by molar-refractivity contribution is 5.05. The Hall–Kier alpha value is -1.32. The van der Waals surface area contributed by atoms with Crippen LogP contribution in [0.3, 0.4) is 0 Å². The Bertz CT molecular complexity index is 151. The monoisotopic (exact) mass is 150 g/mol. The smallest absolute Gasteiger partial charge is 0.107 e. The lowest BCUT2D eigenvalue weighted by Crippen LogP contribution is -2.42. The summed E-state index contributed by atoms with van der Waals surface area (Å²) in [6.07, 6.45) is 10.9. The van der Waals surface area contributed by atoms with Crippen molar-refractivity contribution in [2.75, 3.05) is 0 Å². The third-order valence-corrected chi connectivity index (χ3v) is 1.55. The van der Waals surface area contributed by atoms with Crippen LogP contribution in [-0.4, -0.2) is 12.3 Å². The van der Waals surface area contributed by atoms with Gasteiger partial charge in [-0.15, -0.1) is 0 Å². The van der Waals surface area contributed by atoms with E-state index in [4.69, 9.17) is 0 Å². The van der Waals surface area contributed by atoms with Crippen molar-refractivity contribution in [2.24, 2.45) is 0 Å². The van der Waals surface area contributed by atoms with Crippen molar-refractivity contribution in [1.82, 2.24) is 21.3 Å². The molecule has 4 N–H and O–H groups in total. The third kappa shape index (κ3) is 1.39. The summed E-state index contributed by atoms with van der Waals surface area (Å²) >= 11 is 0. The molecule has 0 unspecified atom stereocenters. The number of hydrogen-bond acceptors (Lipinski definition) is 4. The van der Waals surface area contributed by atoms with Gasteiger partial charge in [0, 0.05) is 24.8 Å². The van der Waals surface area contributed by atoms with Crippen molar-refractivity contribution in [3.8, 4) is 0 Å². The van der Waals surface area contributed by atoms with Gasteiger partial charge in [-0.2, -0.15) is 0 Å². The standard InChI is InChI=1S/C7H10N4/c1-2-9-6(8-1)5-7-10-3-4-11-7/h1-4,6-11H. The predicted molar refractivity (Wildman–Crippen MR) is 41.6 cm³/mol. The summed E-state index contributed by atoms with van der Waals surface area (Å²) in [7, 11) is 0. The lowest BCUT2D eigenvalue weighted by atomic mass is 10.3. The van der Waals surface area contributed by atoms with Gasteiger partial charge in [-0.05, 0) is 0 Å². The molecule has 0 aromatic rings. The first-order valence-electron chi connectivity index (χ1n) is 3.55. The molecule has 0 aromatic carbocycles. The van der Waals surface area contributed by atoms with Gasteiger partial charge in [0.15, 0.2) is 0 Å². The van der Waals surface area contributed by atoms with Gasteiger partial charge >= 0.3 is 0 Å². The topological polar surface area (TPSA) is 48.1 Å². The molecule has 11 heavy (non-hydrogen) atoms. The highest BCUT2D eigenvalue weighted by Gasteiger charge is 2.16.